The first-order chi connectivity index (χ1) is 28.5. The van der Waals surface area contributed by atoms with Gasteiger partial charge in [0.2, 0.25) is 11.8 Å². The number of aromatic hydroxyl groups is 3. The molecule has 0 aliphatic rings. The molecule has 0 saturated heterocycles. The van der Waals surface area contributed by atoms with Crippen LogP contribution in [-0.4, -0.2) is 27.1 Å². The van der Waals surface area contributed by atoms with Crippen LogP contribution >= 0.6 is 0 Å². The van der Waals surface area contributed by atoms with Gasteiger partial charge >= 0.3 is 0 Å². The SMILES string of the molecule is CC(C)(C)c1cc(Cc2cc(NC(=O)CCc3cc(C(C)(C)C)c(O)c(C(C)(C)C)c3)cc(C(C)(C)C)c2O)cc(NC(=O)CCCc2cc(C(C)(C)C)c(O)c(C(C)(C)C)c2)c1. The van der Waals surface area contributed by atoms with E-state index in [-0.39, 0.29) is 51.1 Å². The number of phenolic OH excluding ortho intramolecular Hbond substituents is 3. The third-order valence-electron chi connectivity index (χ3n) is 11.9. The Morgan fingerprint density at radius 2 is 0.794 bits per heavy atom. The lowest BCUT2D eigenvalue weighted by Crippen LogP contribution is -2.19. The van der Waals surface area contributed by atoms with E-state index in [4.69, 9.17) is 0 Å². The van der Waals surface area contributed by atoms with Gasteiger partial charge in [-0.3, -0.25) is 9.59 Å². The highest BCUT2D eigenvalue weighted by molar-refractivity contribution is 5.92. The molecule has 0 radical (unpaired) electrons. The van der Waals surface area contributed by atoms with Crippen LogP contribution in [0.25, 0.3) is 0 Å². The zero-order valence-corrected chi connectivity index (χ0v) is 42.1. The molecular weight excluding hydrogens is 781 g/mol. The molecule has 0 bridgehead atoms. The smallest absolute Gasteiger partial charge is 0.224 e. The van der Waals surface area contributed by atoms with E-state index in [1.807, 2.05) is 57.2 Å². The highest BCUT2D eigenvalue weighted by Crippen LogP contribution is 2.42. The molecule has 0 aliphatic carbocycles. The van der Waals surface area contributed by atoms with Crippen molar-refractivity contribution in [3.8, 4) is 17.2 Å². The Balaban J connectivity index is 1.58. The number of hydrogen-bond acceptors (Lipinski definition) is 5. The Morgan fingerprint density at radius 3 is 1.21 bits per heavy atom. The molecule has 63 heavy (non-hydrogen) atoms. The molecule has 344 valence electrons. The fraction of sp³-hybridized carbons (Fsp3) is 0.536. The summed E-state index contributed by atoms with van der Waals surface area (Å²) in [7, 11) is 0. The van der Waals surface area contributed by atoms with E-state index in [1.165, 1.54) is 0 Å². The van der Waals surface area contributed by atoms with Crippen LogP contribution in [0, 0.1) is 0 Å². The number of carbonyl (C=O) groups is 2. The Morgan fingerprint density at radius 1 is 0.413 bits per heavy atom. The van der Waals surface area contributed by atoms with Gasteiger partial charge < -0.3 is 26.0 Å². The molecule has 0 spiro atoms. The van der Waals surface area contributed by atoms with Crippen LogP contribution in [0.5, 0.6) is 17.2 Å². The van der Waals surface area contributed by atoms with Gasteiger partial charge in [-0.25, -0.2) is 0 Å². The van der Waals surface area contributed by atoms with Crippen LogP contribution in [0.15, 0.2) is 54.6 Å². The fourth-order valence-corrected chi connectivity index (χ4v) is 8.11. The lowest BCUT2D eigenvalue weighted by molar-refractivity contribution is -0.117. The zero-order valence-electron chi connectivity index (χ0n) is 42.1. The van der Waals surface area contributed by atoms with Crippen molar-refractivity contribution in [3.05, 3.63) is 110 Å². The van der Waals surface area contributed by atoms with Crippen molar-refractivity contribution in [1.29, 1.82) is 0 Å². The van der Waals surface area contributed by atoms with Gasteiger partial charge in [0.15, 0.2) is 0 Å². The molecule has 0 unspecified atom stereocenters. The summed E-state index contributed by atoms with van der Waals surface area (Å²) in [6.07, 6.45) is 2.85. The number of hydrogen-bond donors (Lipinski definition) is 5. The Kier molecular flexibility index (Phi) is 14.8. The van der Waals surface area contributed by atoms with Gasteiger partial charge in [0, 0.05) is 41.8 Å². The maximum atomic E-state index is 13.6. The van der Waals surface area contributed by atoms with Gasteiger partial charge in [0.05, 0.1) is 0 Å². The zero-order chi connectivity index (χ0) is 47.8. The third kappa shape index (κ3) is 13.4. The van der Waals surface area contributed by atoms with Crippen molar-refractivity contribution < 1.29 is 24.9 Å². The van der Waals surface area contributed by atoms with Crippen LogP contribution < -0.4 is 10.6 Å². The van der Waals surface area contributed by atoms with Crippen LogP contribution in [0.3, 0.4) is 0 Å². The molecule has 4 aromatic carbocycles. The molecule has 0 saturated carbocycles. The molecule has 0 aromatic heterocycles. The molecule has 0 fully saturated rings. The molecule has 0 heterocycles. The van der Waals surface area contributed by atoms with E-state index >= 15 is 0 Å². The monoisotopic (exact) mass is 861 g/mol. The van der Waals surface area contributed by atoms with Crippen molar-refractivity contribution in [3.63, 3.8) is 0 Å². The second-order valence-corrected chi connectivity index (χ2v) is 24.2. The summed E-state index contributed by atoms with van der Waals surface area (Å²) < 4.78 is 0. The number of rotatable bonds is 11. The van der Waals surface area contributed by atoms with E-state index in [9.17, 15) is 24.9 Å². The molecule has 2 amide bonds. The fourth-order valence-electron chi connectivity index (χ4n) is 8.11. The number of anilines is 2. The van der Waals surface area contributed by atoms with E-state index in [1.54, 1.807) is 0 Å². The lowest BCUT2D eigenvalue weighted by atomic mass is 9.78. The largest absolute Gasteiger partial charge is 0.507 e. The Bertz CT molecular complexity index is 2240. The van der Waals surface area contributed by atoms with Crippen LogP contribution in [0.2, 0.25) is 0 Å². The quantitative estimate of drug-likeness (QED) is 0.0963. The molecule has 4 aromatic rings. The van der Waals surface area contributed by atoms with E-state index in [0.29, 0.717) is 60.5 Å². The average molecular weight is 861 g/mol. The highest BCUT2D eigenvalue weighted by Gasteiger charge is 2.29. The summed E-state index contributed by atoms with van der Waals surface area (Å²) in [6, 6.07) is 18.1. The predicted molar refractivity (Wildman–Crippen MR) is 264 cm³/mol. The molecular formula is C56H80N2O5. The van der Waals surface area contributed by atoms with Gasteiger partial charge in [-0.05, 0) is 121 Å². The summed E-state index contributed by atoms with van der Waals surface area (Å²) in [5.41, 5.74) is 8.82. The van der Waals surface area contributed by atoms with Gasteiger partial charge in [0.25, 0.3) is 0 Å². The summed E-state index contributed by atoms with van der Waals surface area (Å²) in [4.78, 5) is 27.2. The minimum absolute atomic E-state index is 0.0722. The Hall–Kier alpha value is -4.78. The van der Waals surface area contributed by atoms with Gasteiger partial charge in [-0.2, -0.15) is 0 Å². The first kappa shape index (κ1) is 50.9. The molecule has 7 nitrogen and oxygen atoms in total. The predicted octanol–water partition coefficient (Wildman–Crippen LogP) is 13.7. The molecule has 4 rings (SSSR count). The van der Waals surface area contributed by atoms with E-state index < -0.39 is 5.41 Å². The maximum Gasteiger partial charge on any atom is 0.224 e. The number of nitrogens with one attached hydrogen (secondary N) is 2. The topological polar surface area (TPSA) is 119 Å². The van der Waals surface area contributed by atoms with E-state index in [2.05, 4.69) is 133 Å². The van der Waals surface area contributed by atoms with Crippen molar-refractivity contribution >= 4 is 23.2 Å². The van der Waals surface area contributed by atoms with Crippen molar-refractivity contribution in [2.24, 2.45) is 0 Å². The third-order valence-corrected chi connectivity index (χ3v) is 11.9. The van der Waals surface area contributed by atoms with Crippen molar-refractivity contribution in [2.45, 2.75) is 196 Å². The minimum Gasteiger partial charge on any atom is -0.507 e. The van der Waals surface area contributed by atoms with E-state index in [0.717, 1.165) is 50.1 Å². The van der Waals surface area contributed by atoms with Crippen LogP contribution in [0.1, 0.15) is 200 Å². The normalized spacial score (nSPS) is 13.0. The summed E-state index contributed by atoms with van der Waals surface area (Å²) in [5.74, 6) is 0.667. The number of amides is 2. The molecule has 0 aliphatic heterocycles. The van der Waals surface area contributed by atoms with Gasteiger partial charge in [0.1, 0.15) is 17.2 Å². The standard InChI is InChI=1S/C56H80N2O5/c1-51(2,3)38-25-36(26-39(32-38)57-46(59)21-19-20-34-27-41(52(4,5)6)49(62)42(28-34)53(7,8)9)24-37-31-40(33-45(48(37)61)56(16,17)18)58-47(60)23-22-35-29-43(54(10,11)12)50(63)44(30-35)55(13,14)15/h25-33,61-63H,19-24H2,1-18H3,(H,57,59)(H,58,60). The number of carbonyl (C=O) groups excluding carboxylic acids is 2. The first-order valence-electron chi connectivity index (χ1n) is 22.9. The van der Waals surface area contributed by atoms with Crippen LogP contribution in [0.4, 0.5) is 11.4 Å². The maximum absolute atomic E-state index is 13.6. The summed E-state index contributed by atoms with van der Waals surface area (Å²) in [6.45, 7) is 37.7. The highest BCUT2D eigenvalue weighted by atomic mass is 16.3. The number of benzene rings is 4. The van der Waals surface area contributed by atoms with Gasteiger partial charge in [-0.1, -0.05) is 155 Å². The summed E-state index contributed by atoms with van der Waals surface area (Å²) >= 11 is 0. The molecule has 7 heteroatoms. The second-order valence-electron chi connectivity index (χ2n) is 24.2. The lowest BCUT2D eigenvalue weighted by Gasteiger charge is -2.28. The summed E-state index contributed by atoms with van der Waals surface area (Å²) in [5, 5.41) is 40.5. The minimum atomic E-state index is -0.409. The van der Waals surface area contributed by atoms with Gasteiger partial charge in [-0.15, -0.1) is 0 Å². The van der Waals surface area contributed by atoms with Crippen molar-refractivity contribution in [2.75, 3.05) is 10.6 Å². The van der Waals surface area contributed by atoms with Crippen molar-refractivity contribution in [1.82, 2.24) is 0 Å². The molecule has 5 N–H and O–H groups in total. The molecule has 0 atom stereocenters. The van der Waals surface area contributed by atoms with Crippen LogP contribution in [-0.2, 0) is 61.3 Å². The number of phenols is 3. The second kappa shape index (κ2) is 18.4. The number of aryl methyl sites for hydroxylation is 2. The Labute approximate surface area is 380 Å². The first-order valence-corrected chi connectivity index (χ1v) is 22.9. The average Bonchev–Trinajstić information content (AvgIpc) is 3.10.